The Balaban J connectivity index is 1.97. The van der Waals surface area contributed by atoms with E-state index in [1.54, 1.807) is 12.1 Å². The lowest BCUT2D eigenvalue weighted by molar-refractivity contribution is 0.0487. The van der Waals surface area contributed by atoms with Crippen molar-refractivity contribution in [2.75, 3.05) is 6.61 Å². The molecule has 0 radical (unpaired) electrons. The quantitative estimate of drug-likeness (QED) is 0.170. The minimum absolute atomic E-state index is 0.0120. The van der Waals surface area contributed by atoms with Gasteiger partial charge in [0.25, 0.3) is 0 Å². The highest BCUT2D eigenvalue weighted by atomic mass is 16.5. The van der Waals surface area contributed by atoms with Gasteiger partial charge in [0.05, 0.1) is 17.7 Å². The van der Waals surface area contributed by atoms with Crippen molar-refractivity contribution in [1.82, 2.24) is 0 Å². The average molecular weight is 403 g/mol. The van der Waals surface area contributed by atoms with Gasteiger partial charge >= 0.3 is 11.9 Å². The van der Waals surface area contributed by atoms with Crippen molar-refractivity contribution in [1.29, 1.82) is 0 Å². The first kappa shape index (κ1) is 24.9. The molecule has 1 rings (SSSR count). The predicted octanol–water partition coefficient (Wildman–Crippen LogP) is 7.19. The van der Waals surface area contributed by atoms with Crippen LogP contribution in [0.15, 0.2) is 36.4 Å². The van der Waals surface area contributed by atoms with Crippen molar-refractivity contribution in [3.05, 3.63) is 47.5 Å². The van der Waals surface area contributed by atoms with Crippen LogP contribution in [-0.4, -0.2) is 23.7 Å². The maximum absolute atomic E-state index is 12.0. The molecule has 0 saturated heterocycles. The normalized spacial score (nSPS) is 11.1. The number of hydrogen-bond acceptors (Lipinski definition) is 3. The molecule has 4 nitrogen and oxygen atoms in total. The van der Waals surface area contributed by atoms with Crippen LogP contribution in [0, 0.1) is 0 Å². The maximum Gasteiger partial charge on any atom is 0.339 e. The molecule has 0 aromatic heterocycles. The Bertz CT molecular complexity index is 607. The molecule has 0 saturated carbocycles. The Kier molecular flexibility index (Phi) is 14.5. The van der Waals surface area contributed by atoms with Crippen LogP contribution >= 0.6 is 0 Å². The number of esters is 1. The third kappa shape index (κ3) is 12.1. The van der Waals surface area contributed by atoms with Crippen LogP contribution in [0.1, 0.15) is 111 Å². The SMILES string of the molecule is CCCCCCCC/C=C/CCCCCCCOC(=O)c1ccccc1C(=O)O. The second-order valence-electron chi connectivity index (χ2n) is 7.57. The molecule has 0 aliphatic heterocycles. The van der Waals surface area contributed by atoms with Crippen molar-refractivity contribution in [2.45, 2.75) is 90.4 Å². The van der Waals surface area contributed by atoms with E-state index in [2.05, 4.69) is 19.1 Å². The first-order valence-corrected chi connectivity index (χ1v) is 11.3. The third-order valence-corrected chi connectivity index (χ3v) is 5.02. The van der Waals surface area contributed by atoms with Crippen LogP contribution in [0.4, 0.5) is 0 Å². The van der Waals surface area contributed by atoms with Gasteiger partial charge in [-0.3, -0.25) is 0 Å². The van der Waals surface area contributed by atoms with Crippen LogP contribution in [0.3, 0.4) is 0 Å². The second kappa shape index (κ2) is 16.8. The number of carbonyl (C=O) groups excluding carboxylic acids is 1. The van der Waals surface area contributed by atoms with Gasteiger partial charge in [-0.15, -0.1) is 0 Å². The summed E-state index contributed by atoms with van der Waals surface area (Å²) in [7, 11) is 0. The van der Waals surface area contributed by atoms with Gasteiger partial charge in [-0.2, -0.15) is 0 Å². The lowest BCUT2D eigenvalue weighted by Gasteiger charge is -2.07. The molecule has 4 heteroatoms. The van der Waals surface area contributed by atoms with Gasteiger partial charge in [-0.05, 0) is 44.2 Å². The summed E-state index contributed by atoms with van der Waals surface area (Å²) in [5, 5.41) is 9.11. The molecule has 1 aromatic carbocycles. The number of unbranched alkanes of at least 4 members (excludes halogenated alkanes) is 11. The molecule has 0 unspecified atom stereocenters. The number of carbonyl (C=O) groups is 2. The lowest BCUT2D eigenvalue weighted by atomic mass is 10.1. The molecule has 0 bridgehead atoms. The molecule has 0 heterocycles. The van der Waals surface area contributed by atoms with E-state index in [1.807, 2.05) is 0 Å². The van der Waals surface area contributed by atoms with E-state index < -0.39 is 11.9 Å². The number of carboxylic acids is 1. The summed E-state index contributed by atoms with van der Waals surface area (Å²) in [4.78, 5) is 23.2. The van der Waals surface area contributed by atoms with Gasteiger partial charge in [0.1, 0.15) is 0 Å². The molecule has 0 fully saturated rings. The Morgan fingerprint density at radius 3 is 1.90 bits per heavy atom. The van der Waals surface area contributed by atoms with Crippen LogP contribution in [0.5, 0.6) is 0 Å². The monoisotopic (exact) mass is 402 g/mol. The highest BCUT2D eigenvalue weighted by Crippen LogP contribution is 2.12. The molecule has 0 amide bonds. The summed E-state index contributed by atoms with van der Waals surface area (Å²) in [5.41, 5.74) is 0.106. The fraction of sp³-hybridized carbons (Fsp3) is 0.600. The zero-order valence-corrected chi connectivity index (χ0v) is 18.0. The molecule has 0 spiro atoms. The molecule has 162 valence electrons. The van der Waals surface area contributed by atoms with Crippen molar-refractivity contribution in [3.8, 4) is 0 Å². The Morgan fingerprint density at radius 2 is 1.31 bits per heavy atom. The number of ether oxygens (including phenoxy) is 1. The van der Waals surface area contributed by atoms with Gasteiger partial charge in [0.2, 0.25) is 0 Å². The Morgan fingerprint density at radius 1 is 0.793 bits per heavy atom. The highest BCUT2D eigenvalue weighted by molar-refractivity contribution is 6.02. The van der Waals surface area contributed by atoms with Crippen molar-refractivity contribution in [3.63, 3.8) is 0 Å². The largest absolute Gasteiger partial charge is 0.478 e. The smallest absolute Gasteiger partial charge is 0.339 e. The van der Waals surface area contributed by atoms with E-state index in [-0.39, 0.29) is 11.1 Å². The van der Waals surface area contributed by atoms with E-state index in [1.165, 1.54) is 69.9 Å². The lowest BCUT2D eigenvalue weighted by Crippen LogP contribution is -2.12. The van der Waals surface area contributed by atoms with Crippen LogP contribution in [0.2, 0.25) is 0 Å². The van der Waals surface area contributed by atoms with Gasteiger partial charge in [0.15, 0.2) is 0 Å². The first-order chi connectivity index (χ1) is 14.2. The summed E-state index contributed by atoms with van der Waals surface area (Å²) >= 11 is 0. The number of carboxylic acid groups (broad SMARTS) is 1. The van der Waals surface area contributed by atoms with E-state index in [9.17, 15) is 9.59 Å². The van der Waals surface area contributed by atoms with Crippen molar-refractivity contribution in [2.24, 2.45) is 0 Å². The number of benzene rings is 1. The fourth-order valence-corrected chi connectivity index (χ4v) is 3.26. The molecular weight excluding hydrogens is 364 g/mol. The predicted molar refractivity (Wildman–Crippen MR) is 119 cm³/mol. The maximum atomic E-state index is 12.0. The van der Waals surface area contributed by atoms with Crippen LogP contribution < -0.4 is 0 Å². The van der Waals surface area contributed by atoms with E-state index in [0.29, 0.717) is 6.61 Å². The molecule has 0 atom stereocenters. The van der Waals surface area contributed by atoms with E-state index in [4.69, 9.17) is 9.84 Å². The summed E-state index contributed by atoms with van der Waals surface area (Å²) in [6, 6.07) is 6.15. The molecule has 1 N–H and O–H groups in total. The van der Waals surface area contributed by atoms with Crippen molar-refractivity contribution < 1.29 is 19.4 Å². The zero-order chi connectivity index (χ0) is 21.2. The molecule has 1 aromatic rings. The van der Waals surface area contributed by atoms with E-state index >= 15 is 0 Å². The van der Waals surface area contributed by atoms with E-state index in [0.717, 1.165) is 25.7 Å². The fourth-order valence-electron chi connectivity index (χ4n) is 3.26. The number of aromatic carboxylic acids is 1. The molecule has 0 aliphatic carbocycles. The minimum atomic E-state index is -1.11. The molecule has 0 aliphatic rings. The van der Waals surface area contributed by atoms with Gasteiger partial charge in [0, 0.05) is 0 Å². The Hall–Kier alpha value is -2.10. The van der Waals surface area contributed by atoms with Crippen LogP contribution in [-0.2, 0) is 4.74 Å². The van der Waals surface area contributed by atoms with Gasteiger partial charge < -0.3 is 9.84 Å². The van der Waals surface area contributed by atoms with Gasteiger partial charge in [-0.1, -0.05) is 82.6 Å². The van der Waals surface area contributed by atoms with Gasteiger partial charge in [-0.25, -0.2) is 9.59 Å². The first-order valence-electron chi connectivity index (χ1n) is 11.3. The summed E-state index contributed by atoms with van der Waals surface area (Å²) in [6.07, 6.45) is 20.5. The Labute approximate surface area is 176 Å². The second-order valence-corrected chi connectivity index (χ2v) is 7.57. The molecular formula is C25H38O4. The third-order valence-electron chi connectivity index (χ3n) is 5.02. The number of hydrogen-bond donors (Lipinski definition) is 1. The zero-order valence-electron chi connectivity index (χ0n) is 18.0. The minimum Gasteiger partial charge on any atom is -0.478 e. The number of allylic oxidation sites excluding steroid dienone is 2. The standard InChI is InChI=1S/C25H38O4/c1-2-3-4-5-6-7-8-9-10-11-12-13-14-15-18-21-29-25(28)23-20-17-16-19-22(23)24(26)27/h9-10,16-17,19-20H,2-8,11-15,18,21H2,1H3,(H,26,27)/b10-9+. The summed E-state index contributed by atoms with van der Waals surface area (Å²) < 4.78 is 5.22. The van der Waals surface area contributed by atoms with Crippen LogP contribution in [0.25, 0.3) is 0 Å². The topological polar surface area (TPSA) is 63.6 Å². The summed E-state index contributed by atoms with van der Waals surface area (Å²) in [5.74, 6) is -1.67. The summed E-state index contributed by atoms with van der Waals surface area (Å²) in [6.45, 7) is 2.59. The number of rotatable bonds is 17. The average Bonchev–Trinajstić information content (AvgIpc) is 2.73. The van der Waals surface area contributed by atoms with Crippen molar-refractivity contribution >= 4 is 11.9 Å². The molecule has 29 heavy (non-hydrogen) atoms. The highest BCUT2D eigenvalue weighted by Gasteiger charge is 2.16.